The van der Waals surface area contributed by atoms with E-state index >= 15 is 0 Å². The molecule has 1 aromatic heterocycles. The van der Waals surface area contributed by atoms with Gasteiger partial charge in [0.1, 0.15) is 5.82 Å². The van der Waals surface area contributed by atoms with Gasteiger partial charge in [-0.2, -0.15) is 4.98 Å². The summed E-state index contributed by atoms with van der Waals surface area (Å²) >= 11 is 6.26. The van der Waals surface area contributed by atoms with Crippen LogP contribution in [-0.4, -0.2) is 36.1 Å². The highest BCUT2D eigenvalue weighted by Gasteiger charge is 2.22. The van der Waals surface area contributed by atoms with Crippen molar-refractivity contribution in [3.8, 4) is 0 Å². The van der Waals surface area contributed by atoms with Crippen LogP contribution >= 0.6 is 11.6 Å². The molecule has 1 aliphatic carbocycles. The molecule has 152 valence electrons. The van der Waals surface area contributed by atoms with Gasteiger partial charge in [-0.05, 0) is 49.4 Å². The summed E-state index contributed by atoms with van der Waals surface area (Å²) in [5, 5.41) is 9.15. The molecular formula is C23H28ClN5. The van der Waals surface area contributed by atoms with E-state index in [9.17, 15) is 0 Å². The number of rotatable bonds is 6. The minimum absolute atomic E-state index is 0.407. The molecule has 3 aromatic rings. The Morgan fingerprint density at radius 2 is 1.62 bits per heavy atom. The fourth-order valence-electron chi connectivity index (χ4n) is 3.99. The minimum atomic E-state index is 0.407. The molecule has 0 saturated heterocycles. The Labute approximate surface area is 177 Å². The van der Waals surface area contributed by atoms with Crippen molar-refractivity contribution in [2.24, 2.45) is 0 Å². The molecule has 6 heteroatoms. The van der Waals surface area contributed by atoms with E-state index in [4.69, 9.17) is 21.6 Å². The number of para-hydroxylation sites is 1. The van der Waals surface area contributed by atoms with Gasteiger partial charge in [0.15, 0.2) is 0 Å². The van der Waals surface area contributed by atoms with Crippen LogP contribution in [0.15, 0.2) is 48.5 Å². The molecule has 2 aromatic carbocycles. The molecule has 1 aliphatic rings. The van der Waals surface area contributed by atoms with Crippen molar-refractivity contribution in [1.29, 1.82) is 0 Å². The maximum atomic E-state index is 6.26. The van der Waals surface area contributed by atoms with Crippen LogP contribution in [0.25, 0.3) is 10.9 Å². The number of fused-ring (bicyclic) bond motifs is 1. The van der Waals surface area contributed by atoms with Crippen molar-refractivity contribution in [1.82, 2.24) is 15.3 Å². The van der Waals surface area contributed by atoms with Crippen LogP contribution < -0.4 is 15.5 Å². The van der Waals surface area contributed by atoms with Gasteiger partial charge in [0.2, 0.25) is 5.95 Å². The fraction of sp³-hybridized carbons (Fsp3) is 0.391. The quantitative estimate of drug-likeness (QED) is 0.608. The van der Waals surface area contributed by atoms with E-state index in [-0.39, 0.29) is 0 Å². The second-order valence-electron chi connectivity index (χ2n) is 7.95. The third-order valence-electron chi connectivity index (χ3n) is 5.61. The molecule has 1 fully saturated rings. The van der Waals surface area contributed by atoms with Crippen molar-refractivity contribution in [3.05, 3.63) is 59.1 Å². The van der Waals surface area contributed by atoms with E-state index in [1.807, 2.05) is 55.4 Å². The third-order valence-corrected chi connectivity index (χ3v) is 5.97. The number of hydrogen-bond acceptors (Lipinski definition) is 5. The van der Waals surface area contributed by atoms with Gasteiger partial charge in [-0.1, -0.05) is 41.9 Å². The summed E-state index contributed by atoms with van der Waals surface area (Å²) in [7, 11) is 4.04. The van der Waals surface area contributed by atoms with Crippen LogP contribution in [0.2, 0.25) is 5.02 Å². The average molecular weight is 410 g/mol. The molecule has 0 radical (unpaired) electrons. The Hall–Kier alpha value is -2.37. The predicted molar refractivity (Wildman–Crippen MR) is 122 cm³/mol. The number of halogens is 1. The van der Waals surface area contributed by atoms with Crippen molar-refractivity contribution >= 4 is 34.3 Å². The molecule has 1 heterocycles. The summed E-state index contributed by atoms with van der Waals surface area (Å²) < 4.78 is 0. The van der Waals surface area contributed by atoms with Crippen molar-refractivity contribution in [3.63, 3.8) is 0 Å². The van der Waals surface area contributed by atoms with Gasteiger partial charge in [-0.3, -0.25) is 0 Å². The first-order chi connectivity index (χ1) is 14.1. The molecule has 0 atom stereocenters. The zero-order valence-corrected chi connectivity index (χ0v) is 17.8. The first-order valence-electron chi connectivity index (χ1n) is 10.3. The highest BCUT2D eigenvalue weighted by Crippen LogP contribution is 2.26. The normalized spacial score (nSPS) is 19.3. The van der Waals surface area contributed by atoms with E-state index in [2.05, 4.69) is 22.8 Å². The SMILES string of the molecule is CN(C)c1nc(NC2CCC(NCc3ccccc3Cl)CC2)nc2ccccc12. The van der Waals surface area contributed by atoms with Gasteiger partial charge in [-0.25, -0.2) is 4.98 Å². The fourth-order valence-corrected chi connectivity index (χ4v) is 4.19. The highest BCUT2D eigenvalue weighted by atomic mass is 35.5. The van der Waals surface area contributed by atoms with Crippen LogP contribution in [-0.2, 0) is 6.54 Å². The number of aromatic nitrogens is 2. The zero-order valence-electron chi connectivity index (χ0n) is 17.0. The zero-order chi connectivity index (χ0) is 20.2. The van der Waals surface area contributed by atoms with Crippen LogP contribution in [0.4, 0.5) is 11.8 Å². The topological polar surface area (TPSA) is 53.1 Å². The summed E-state index contributed by atoms with van der Waals surface area (Å²) in [6.07, 6.45) is 4.48. The molecule has 0 aliphatic heterocycles. The summed E-state index contributed by atoms with van der Waals surface area (Å²) in [5.41, 5.74) is 2.14. The number of benzene rings is 2. The Morgan fingerprint density at radius 3 is 2.38 bits per heavy atom. The number of anilines is 2. The molecular weight excluding hydrogens is 382 g/mol. The molecule has 5 nitrogen and oxygen atoms in total. The summed E-state index contributed by atoms with van der Waals surface area (Å²) in [6, 6.07) is 17.1. The van der Waals surface area contributed by atoms with Crippen molar-refractivity contribution in [2.45, 2.75) is 44.3 Å². The molecule has 0 unspecified atom stereocenters. The lowest BCUT2D eigenvalue weighted by molar-refractivity contribution is 0.352. The standard InChI is InChI=1S/C23H28ClN5/c1-29(2)22-19-8-4-6-10-21(19)27-23(28-22)26-18-13-11-17(12-14-18)25-15-16-7-3-5-9-20(16)24/h3-10,17-18,25H,11-15H2,1-2H3,(H,26,27,28). The maximum absolute atomic E-state index is 6.26. The van der Waals surface area contributed by atoms with Gasteiger partial charge in [-0.15, -0.1) is 0 Å². The Bertz CT molecular complexity index is 966. The van der Waals surface area contributed by atoms with Gasteiger partial charge >= 0.3 is 0 Å². The first kappa shape index (κ1) is 19.9. The van der Waals surface area contributed by atoms with Crippen LogP contribution in [0.5, 0.6) is 0 Å². The second-order valence-corrected chi connectivity index (χ2v) is 8.35. The largest absolute Gasteiger partial charge is 0.362 e. The Kier molecular flexibility index (Phi) is 6.16. The summed E-state index contributed by atoms with van der Waals surface area (Å²) in [5.74, 6) is 1.67. The Morgan fingerprint density at radius 1 is 0.931 bits per heavy atom. The second kappa shape index (κ2) is 8.97. The number of nitrogens with zero attached hydrogens (tertiary/aromatic N) is 3. The van der Waals surface area contributed by atoms with Crippen molar-refractivity contribution in [2.75, 3.05) is 24.3 Å². The van der Waals surface area contributed by atoms with Crippen molar-refractivity contribution < 1.29 is 0 Å². The number of nitrogens with one attached hydrogen (secondary N) is 2. The smallest absolute Gasteiger partial charge is 0.225 e. The van der Waals surface area contributed by atoms with Gasteiger partial charge in [0.25, 0.3) is 0 Å². The Balaban J connectivity index is 1.35. The summed E-state index contributed by atoms with van der Waals surface area (Å²) in [6.45, 7) is 0.822. The third kappa shape index (κ3) is 4.80. The van der Waals surface area contributed by atoms with E-state index in [0.29, 0.717) is 12.1 Å². The molecule has 4 rings (SSSR count). The molecule has 0 bridgehead atoms. The van der Waals surface area contributed by atoms with E-state index < -0.39 is 0 Å². The van der Waals surface area contributed by atoms with E-state index in [1.165, 1.54) is 0 Å². The molecule has 0 amide bonds. The maximum Gasteiger partial charge on any atom is 0.225 e. The lowest BCUT2D eigenvalue weighted by Crippen LogP contribution is -2.37. The van der Waals surface area contributed by atoms with Crippen LogP contribution in [0.3, 0.4) is 0 Å². The van der Waals surface area contributed by atoms with E-state index in [1.54, 1.807) is 0 Å². The van der Waals surface area contributed by atoms with Crippen LogP contribution in [0, 0.1) is 0 Å². The minimum Gasteiger partial charge on any atom is -0.362 e. The van der Waals surface area contributed by atoms with E-state index in [0.717, 1.165) is 65.5 Å². The molecule has 2 N–H and O–H groups in total. The van der Waals surface area contributed by atoms with Gasteiger partial charge < -0.3 is 15.5 Å². The number of hydrogen-bond donors (Lipinski definition) is 2. The average Bonchev–Trinajstić information content (AvgIpc) is 2.73. The van der Waals surface area contributed by atoms with Gasteiger partial charge in [0.05, 0.1) is 5.52 Å². The molecule has 0 spiro atoms. The monoisotopic (exact) mass is 409 g/mol. The first-order valence-corrected chi connectivity index (χ1v) is 10.7. The highest BCUT2D eigenvalue weighted by molar-refractivity contribution is 6.31. The van der Waals surface area contributed by atoms with Gasteiger partial charge in [0, 0.05) is 43.1 Å². The molecule has 1 saturated carbocycles. The predicted octanol–water partition coefficient (Wildman–Crippen LogP) is 4.86. The van der Waals surface area contributed by atoms with Crippen LogP contribution in [0.1, 0.15) is 31.2 Å². The molecule has 29 heavy (non-hydrogen) atoms. The summed E-state index contributed by atoms with van der Waals surface area (Å²) in [4.78, 5) is 11.6. The lowest BCUT2D eigenvalue weighted by atomic mass is 9.91. The lowest BCUT2D eigenvalue weighted by Gasteiger charge is -2.30.